The first-order valence-corrected chi connectivity index (χ1v) is 9.11. The highest BCUT2D eigenvalue weighted by molar-refractivity contribution is 7.84. The van der Waals surface area contributed by atoms with Crippen LogP contribution >= 0.6 is 11.3 Å². The van der Waals surface area contributed by atoms with Crippen molar-refractivity contribution in [2.24, 2.45) is 0 Å². The third kappa shape index (κ3) is 3.80. The zero-order valence-electron chi connectivity index (χ0n) is 13.4. The smallest absolute Gasteiger partial charge is 0.128 e. The lowest BCUT2D eigenvalue weighted by Crippen LogP contribution is -2.35. The molecule has 0 aliphatic rings. The van der Waals surface area contributed by atoms with E-state index in [2.05, 4.69) is 9.71 Å². The summed E-state index contributed by atoms with van der Waals surface area (Å²) >= 11 is 1.50. The summed E-state index contributed by atoms with van der Waals surface area (Å²) in [5.41, 5.74) is 4.00. The van der Waals surface area contributed by atoms with E-state index < -0.39 is 11.0 Å². The molecule has 0 spiro atoms. The lowest BCUT2D eigenvalue weighted by Gasteiger charge is -2.22. The van der Waals surface area contributed by atoms with E-state index in [0.29, 0.717) is 5.56 Å². The fourth-order valence-corrected chi connectivity index (χ4v) is 3.60. The number of aryl methyl sites for hydroxylation is 1. The maximum Gasteiger partial charge on any atom is 0.128 e. The average Bonchev–Trinajstić information content (AvgIpc) is 2.83. The monoisotopic (exact) mass is 340 g/mol. The average molecular weight is 340 g/mol. The molecule has 2 aromatic rings. The molecule has 0 aliphatic heterocycles. The van der Waals surface area contributed by atoms with Crippen molar-refractivity contribution >= 4 is 22.3 Å². The van der Waals surface area contributed by atoms with Crippen LogP contribution in [0.4, 0.5) is 4.39 Å². The predicted molar refractivity (Wildman–Crippen MR) is 91.7 cm³/mol. The molecule has 0 aliphatic carbocycles. The van der Waals surface area contributed by atoms with Crippen LogP contribution in [0.1, 0.15) is 45.0 Å². The number of benzene rings is 1. The maximum atomic E-state index is 14.4. The summed E-state index contributed by atoms with van der Waals surface area (Å²) in [7, 11) is -1.24. The summed E-state index contributed by atoms with van der Waals surface area (Å²) in [5, 5.41) is 0. The number of thiazole rings is 1. The molecular weight excluding hydrogens is 319 g/mol. The van der Waals surface area contributed by atoms with Crippen molar-refractivity contribution in [2.75, 3.05) is 0 Å². The van der Waals surface area contributed by atoms with Crippen LogP contribution in [0.25, 0.3) is 10.4 Å². The minimum atomic E-state index is -1.24. The molecule has 0 radical (unpaired) electrons. The van der Waals surface area contributed by atoms with Crippen molar-refractivity contribution in [3.8, 4) is 10.4 Å². The van der Waals surface area contributed by atoms with Gasteiger partial charge in [-0.3, -0.25) is 0 Å². The fraction of sp³-hybridized carbons (Fsp3) is 0.438. The first-order valence-electron chi connectivity index (χ1n) is 7.08. The second-order valence-corrected chi connectivity index (χ2v) is 9.08. The van der Waals surface area contributed by atoms with E-state index in [9.17, 15) is 8.60 Å². The molecule has 0 unspecified atom stereocenters. The second-order valence-electron chi connectivity index (χ2n) is 6.22. The Hall–Kier alpha value is -1.11. The first-order chi connectivity index (χ1) is 10.2. The number of rotatable bonds is 4. The Kier molecular flexibility index (Phi) is 5.14. The van der Waals surface area contributed by atoms with Crippen molar-refractivity contribution < 1.29 is 8.60 Å². The summed E-state index contributed by atoms with van der Waals surface area (Å²) in [4.78, 5) is 5.17. The molecule has 0 amide bonds. The number of hydrogen-bond donors (Lipinski definition) is 1. The second kappa shape index (κ2) is 6.56. The topological polar surface area (TPSA) is 42.0 Å². The highest BCUT2D eigenvalue weighted by Gasteiger charge is 2.23. The number of nitrogens with one attached hydrogen (secondary N) is 1. The third-order valence-electron chi connectivity index (χ3n) is 3.31. The van der Waals surface area contributed by atoms with Crippen LogP contribution in [0, 0.1) is 12.7 Å². The SMILES string of the molecule is Cc1ncsc1-c1ccc([C@H](C)N[S@](=O)C(C)(C)C)c(F)c1. The summed E-state index contributed by atoms with van der Waals surface area (Å²) in [6, 6.07) is 4.84. The highest BCUT2D eigenvalue weighted by atomic mass is 32.2. The predicted octanol–water partition coefficient (Wildman–Crippen LogP) is 4.37. The standard InChI is InChI=1S/C16H21FN2OS2/c1-10(19-22(20)16(3,4)5)13-7-6-12(8-14(13)17)15-11(2)18-9-21-15/h6-10,19H,1-5H3/t10-,22+/m0/s1. The van der Waals surface area contributed by atoms with Gasteiger partial charge in [0.25, 0.3) is 0 Å². The normalized spacial score (nSPS) is 14.8. The van der Waals surface area contributed by atoms with Crippen LogP contribution in [0.2, 0.25) is 0 Å². The van der Waals surface area contributed by atoms with E-state index in [1.54, 1.807) is 11.6 Å². The molecule has 1 aromatic heterocycles. The highest BCUT2D eigenvalue weighted by Crippen LogP contribution is 2.30. The van der Waals surface area contributed by atoms with Crippen molar-refractivity contribution in [1.29, 1.82) is 0 Å². The molecule has 0 bridgehead atoms. The molecule has 0 saturated heterocycles. The Balaban J connectivity index is 2.23. The molecule has 2 atom stereocenters. The summed E-state index contributed by atoms with van der Waals surface area (Å²) < 4.78 is 29.1. The Morgan fingerprint density at radius 3 is 2.55 bits per heavy atom. The maximum absolute atomic E-state index is 14.4. The van der Waals surface area contributed by atoms with Gasteiger partial charge in [-0.25, -0.2) is 18.3 Å². The molecule has 120 valence electrons. The van der Waals surface area contributed by atoms with Crippen LogP contribution in [0.15, 0.2) is 23.7 Å². The largest absolute Gasteiger partial charge is 0.249 e. The van der Waals surface area contributed by atoms with Gasteiger partial charge in [0.2, 0.25) is 0 Å². The number of halogens is 1. The van der Waals surface area contributed by atoms with E-state index in [0.717, 1.165) is 16.1 Å². The number of nitrogens with zero attached hydrogens (tertiary/aromatic N) is 1. The zero-order chi connectivity index (χ0) is 16.5. The molecule has 2 rings (SSSR count). The van der Waals surface area contributed by atoms with Gasteiger partial charge in [0, 0.05) is 11.6 Å². The summed E-state index contributed by atoms with van der Waals surface area (Å²) in [6.07, 6.45) is 0. The molecule has 1 aromatic carbocycles. The van der Waals surface area contributed by atoms with Crippen LogP contribution in [0.3, 0.4) is 0 Å². The number of aromatic nitrogens is 1. The Morgan fingerprint density at radius 1 is 1.36 bits per heavy atom. The van der Waals surface area contributed by atoms with Crippen molar-refractivity contribution in [2.45, 2.75) is 45.4 Å². The van der Waals surface area contributed by atoms with Gasteiger partial charge in [-0.05, 0) is 46.2 Å². The van der Waals surface area contributed by atoms with Crippen molar-refractivity contribution in [3.63, 3.8) is 0 Å². The van der Waals surface area contributed by atoms with Crippen LogP contribution in [-0.2, 0) is 11.0 Å². The minimum Gasteiger partial charge on any atom is -0.249 e. The summed E-state index contributed by atoms with van der Waals surface area (Å²) in [5.74, 6) is -0.295. The molecule has 3 nitrogen and oxygen atoms in total. The summed E-state index contributed by atoms with van der Waals surface area (Å²) in [6.45, 7) is 9.38. The fourth-order valence-electron chi connectivity index (χ4n) is 2.00. The van der Waals surface area contributed by atoms with Crippen LogP contribution in [0.5, 0.6) is 0 Å². The molecule has 1 heterocycles. The van der Waals surface area contributed by atoms with Crippen LogP contribution < -0.4 is 4.72 Å². The van der Waals surface area contributed by atoms with Crippen molar-refractivity contribution in [3.05, 3.63) is 40.8 Å². The first kappa shape index (κ1) is 17.2. The van der Waals surface area contributed by atoms with Gasteiger partial charge in [0.05, 0.1) is 31.8 Å². The van der Waals surface area contributed by atoms with E-state index in [4.69, 9.17) is 0 Å². The molecule has 0 saturated carbocycles. The Bertz CT molecular complexity index is 692. The van der Waals surface area contributed by atoms with Crippen molar-refractivity contribution in [1.82, 2.24) is 9.71 Å². The zero-order valence-corrected chi connectivity index (χ0v) is 15.1. The van der Waals surface area contributed by atoms with Gasteiger partial charge >= 0.3 is 0 Å². The third-order valence-corrected chi connectivity index (χ3v) is 5.97. The molecule has 1 N–H and O–H groups in total. The van der Waals surface area contributed by atoms with Gasteiger partial charge < -0.3 is 0 Å². The van der Waals surface area contributed by atoms with Crippen LogP contribution in [-0.4, -0.2) is 13.9 Å². The van der Waals surface area contributed by atoms with Gasteiger partial charge in [0.15, 0.2) is 0 Å². The quantitative estimate of drug-likeness (QED) is 0.898. The van der Waals surface area contributed by atoms with E-state index in [1.807, 2.05) is 40.7 Å². The Morgan fingerprint density at radius 2 is 2.05 bits per heavy atom. The van der Waals surface area contributed by atoms with E-state index in [1.165, 1.54) is 17.4 Å². The Labute approximate surface area is 137 Å². The van der Waals surface area contributed by atoms with E-state index >= 15 is 0 Å². The van der Waals surface area contributed by atoms with Gasteiger partial charge in [-0.2, -0.15) is 0 Å². The van der Waals surface area contributed by atoms with Gasteiger partial charge in [-0.15, -0.1) is 11.3 Å². The van der Waals surface area contributed by atoms with E-state index in [-0.39, 0.29) is 16.6 Å². The molecule has 22 heavy (non-hydrogen) atoms. The lowest BCUT2D eigenvalue weighted by molar-refractivity contribution is 0.572. The van der Waals surface area contributed by atoms with Gasteiger partial charge in [0.1, 0.15) is 5.82 Å². The molecule has 6 heteroatoms. The number of hydrogen-bond acceptors (Lipinski definition) is 3. The lowest BCUT2D eigenvalue weighted by atomic mass is 10.0. The van der Waals surface area contributed by atoms with Gasteiger partial charge in [-0.1, -0.05) is 12.1 Å². The molecule has 0 fully saturated rings. The minimum absolute atomic E-state index is 0.295. The molecular formula is C16H21FN2OS2.